The van der Waals surface area contributed by atoms with Crippen LogP contribution in [0, 0.1) is 0 Å². The monoisotopic (exact) mass is 419 g/mol. The second-order valence-electron chi connectivity index (χ2n) is 7.54. The Morgan fingerprint density at radius 1 is 1.00 bits per heavy atom. The van der Waals surface area contributed by atoms with Crippen molar-refractivity contribution in [3.05, 3.63) is 30.3 Å². The maximum atomic E-state index is 12.5. The van der Waals surface area contributed by atoms with Gasteiger partial charge >= 0.3 is 0 Å². The zero-order chi connectivity index (χ0) is 20.5. The largest absolute Gasteiger partial charge is 0.355 e. The molecule has 2 aliphatic rings. The minimum absolute atomic E-state index is 0.268. The van der Waals surface area contributed by atoms with Crippen LogP contribution in [-0.2, 0) is 15.6 Å². The van der Waals surface area contributed by atoms with Crippen LogP contribution in [0.4, 0.5) is 0 Å². The third-order valence-electron chi connectivity index (χ3n) is 5.53. The minimum Gasteiger partial charge on any atom is -0.355 e. The molecule has 1 atom stereocenters. The van der Waals surface area contributed by atoms with Crippen molar-refractivity contribution in [3.63, 3.8) is 0 Å². The molecule has 160 valence electrons. The summed E-state index contributed by atoms with van der Waals surface area (Å²) >= 11 is 0. The molecule has 0 aliphatic carbocycles. The average molecular weight is 420 g/mol. The lowest BCUT2D eigenvalue weighted by molar-refractivity contribution is -0.133. The number of likely N-dealkylation sites (tertiary alicyclic amines) is 1. The summed E-state index contributed by atoms with van der Waals surface area (Å²) in [7, 11) is 0.772. The average Bonchev–Trinajstić information content (AvgIpc) is 2.78. The molecule has 1 amide bonds. The summed E-state index contributed by atoms with van der Waals surface area (Å²) < 4.78 is 12.3. The van der Waals surface area contributed by atoms with Crippen LogP contribution < -0.4 is 5.32 Å². The summed E-state index contributed by atoms with van der Waals surface area (Å²) in [4.78, 5) is 24.2. The molecule has 2 fully saturated rings. The number of nitrogens with one attached hydrogen (secondary N) is 1. The molecule has 8 heteroatoms. The van der Waals surface area contributed by atoms with Gasteiger partial charge in [0.05, 0.1) is 17.3 Å². The number of carbonyl (C=O) groups is 1. The molecule has 0 radical (unpaired) electrons. The number of aliphatic imine (C=N–C) groups is 1. The van der Waals surface area contributed by atoms with E-state index >= 15 is 0 Å². The van der Waals surface area contributed by atoms with Crippen LogP contribution in [0.25, 0.3) is 0 Å². The predicted molar refractivity (Wildman–Crippen MR) is 118 cm³/mol. The number of amides is 1. The number of carbonyl (C=O) groups excluding carboxylic acids is 1. The Morgan fingerprint density at radius 3 is 2.34 bits per heavy atom. The van der Waals surface area contributed by atoms with Gasteiger partial charge in [-0.2, -0.15) is 0 Å². The van der Waals surface area contributed by atoms with Gasteiger partial charge in [-0.05, 0) is 31.4 Å². The number of rotatable bonds is 6. The van der Waals surface area contributed by atoms with Crippen molar-refractivity contribution in [2.75, 3.05) is 65.2 Å². The molecule has 7 nitrogen and oxygen atoms in total. The molecule has 3 rings (SSSR count). The van der Waals surface area contributed by atoms with Gasteiger partial charge in [0, 0.05) is 63.5 Å². The molecule has 1 unspecified atom stereocenters. The van der Waals surface area contributed by atoms with E-state index in [9.17, 15) is 9.00 Å². The molecular weight excluding hydrogens is 386 g/mol. The zero-order valence-corrected chi connectivity index (χ0v) is 18.2. The standard InChI is InChI=1S/C21H33N5O2S/c1-22-21(23-10-17-29(28)19-8-4-2-5-9-19)26-15-13-24(14-16-26)18-20(27)25-11-6-3-7-12-25/h2,4-5,8-9H,3,6-7,10-18H2,1H3,(H,22,23). The smallest absolute Gasteiger partial charge is 0.236 e. The number of piperidine rings is 1. The molecule has 0 saturated carbocycles. The summed E-state index contributed by atoms with van der Waals surface area (Å²) in [5, 5.41) is 3.34. The molecule has 29 heavy (non-hydrogen) atoms. The van der Waals surface area contributed by atoms with Crippen molar-refractivity contribution in [2.24, 2.45) is 4.99 Å². The van der Waals surface area contributed by atoms with Crippen LogP contribution in [0.2, 0.25) is 0 Å². The topological polar surface area (TPSA) is 68.2 Å². The Morgan fingerprint density at radius 2 is 1.69 bits per heavy atom. The Balaban J connectivity index is 1.38. The van der Waals surface area contributed by atoms with Crippen LogP contribution in [0.3, 0.4) is 0 Å². The predicted octanol–water partition coefficient (Wildman–Crippen LogP) is 1.000. The third kappa shape index (κ3) is 6.54. The van der Waals surface area contributed by atoms with Crippen LogP contribution >= 0.6 is 0 Å². The lowest BCUT2D eigenvalue weighted by atomic mass is 10.1. The molecule has 1 aromatic rings. The number of nitrogens with zero attached hydrogens (tertiary/aromatic N) is 4. The van der Waals surface area contributed by atoms with E-state index in [2.05, 4.69) is 20.1 Å². The van der Waals surface area contributed by atoms with Crippen LogP contribution in [0.15, 0.2) is 40.2 Å². The molecule has 0 bridgehead atoms. The minimum atomic E-state index is -1.01. The van der Waals surface area contributed by atoms with E-state index in [0.717, 1.165) is 63.0 Å². The molecular formula is C21H33N5O2S. The summed E-state index contributed by atoms with van der Waals surface area (Å²) in [5.41, 5.74) is 0. The highest BCUT2D eigenvalue weighted by Crippen LogP contribution is 2.10. The number of benzene rings is 1. The molecule has 0 spiro atoms. The van der Waals surface area contributed by atoms with Crippen molar-refractivity contribution in [1.82, 2.24) is 20.0 Å². The van der Waals surface area contributed by atoms with E-state index < -0.39 is 10.8 Å². The van der Waals surface area contributed by atoms with Crippen molar-refractivity contribution in [3.8, 4) is 0 Å². The maximum Gasteiger partial charge on any atom is 0.236 e. The Bertz CT molecular complexity index is 698. The Hall–Kier alpha value is -1.93. The van der Waals surface area contributed by atoms with Crippen molar-refractivity contribution >= 4 is 22.7 Å². The number of hydrogen-bond acceptors (Lipinski definition) is 4. The van der Waals surface area contributed by atoms with Gasteiger partial charge < -0.3 is 15.1 Å². The van der Waals surface area contributed by atoms with Gasteiger partial charge in [-0.3, -0.25) is 18.9 Å². The molecule has 2 heterocycles. The highest BCUT2D eigenvalue weighted by Gasteiger charge is 2.24. The Labute approximate surface area is 176 Å². The number of hydrogen-bond donors (Lipinski definition) is 1. The van der Waals surface area contributed by atoms with Crippen LogP contribution in [0.1, 0.15) is 19.3 Å². The molecule has 1 aromatic carbocycles. The van der Waals surface area contributed by atoms with Gasteiger partial charge in [-0.15, -0.1) is 0 Å². The van der Waals surface area contributed by atoms with E-state index in [4.69, 9.17) is 0 Å². The van der Waals surface area contributed by atoms with E-state index in [1.165, 1.54) is 6.42 Å². The summed E-state index contributed by atoms with van der Waals surface area (Å²) in [5.74, 6) is 1.66. The quantitative estimate of drug-likeness (QED) is 0.550. The van der Waals surface area contributed by atoms with E-state index in [-0.39, 0.29) is 5.91 Å². The lowest BCUT2D eigenvalue weighted by Crippen LogP contribution is -2.54. The van der Waals surface area contributed by atoms with Gasteiger partial charge in [-0.25, -0.2) is 0 Å². The van der Waals surface area contributed by atoms with E-state index in [1.807, 2.05) is 35.2 Å². The summed E-state index contributed by atoms with van der Waals surface area (Å²) in [6.07, 6.45) is 3.51. The number of piperazine rings is 1. The lowest BCUT2D eigenvalue weighted by Gasteiger charge is -2.37. The molecule has 0 aromatic heterocycles. The summed E-state index contributed by atoms with van der Waals surface area (Å²) in [6.45, 7) is 6.37. The van der Waals surface area contributed by atoms with Gasteiger partial charge in [-0.1, -0.05) is 18.2 Å². The van der Waals surface area contributed by atoms with Crippen LogP contribution in [-0.4, -0.2) is 95.9 Å². The SMILES string of the molecule is CN=C(NCCS(=O)c1ccccc1)N1CCN(CC(=O)N2CCCCC2)CC1. The molecule has 1 N–H and O–H groups in total. The fraction of sp³-hybridized carbons (Fsp3) is 0.619. The zero-order valence-electron chi connectivity index (χ0n) is 17.4. The van der Waals surface area contributed by atoms with Gasteiger partial charge in [0.25, 0.3) is 0 Å². The van der Waals surface area contributed by atoms with Gasteiger partial charge in [0.2, 0.25) is 5.91 Å². The van der Waals surface area contributed by atoms with Crippen molar-refractivity contribution in [2.45, 2.75) is 24.2 Å². The van der Waals surface area contributed by atoms with E-state index in [0.29, 0.717) is 18.8 Å². The van der Waals surface area contributed by atoms with Gasteiger partial charge in [0.15, 0.2) is 5.96 Å². The molecule has 2 aliphatic heterocycles. The second-order valence-corrected chi connectivity index (χ2v) is 9.11. The fourth-order valence-electron chi connectivity index (χ4n) is 3.83. The Kier molecular flexibility index (Phi) is 8.49. The normalized spacial score (nSPS) is 19.8. The molecule has 2 saturated heterocycles. The van der Waals surface area contributed by atoms with Crippen molar-refractivity contribution < 1.29 is 9.00 Å². The van der Waals surface area contributed by atoms with Crippen molar-refractivity contribution in [1.29, 1.82) is 0 Å². The van der Waals surface area contributed by atoms with Gasteiger partial charge in [0.1, 0.15) is 0 Å². The van der Waals surface area contributed by atoms with Crippen LogP contribution in [0.5, 0.6) is 0 Å². The fourth-order valence-corrected chi connectivity index (χ4v) is 4.81. The number of guanidine groups is 1. The first-order valence-corrected chi connectivity index (χ1v) is 11.9. The first-order chi connectivity index (χ1) is 14.2. The highest BCUT2D eigenvalue weighted by atomic mass is 32.2. The maximum absolute atomic E-state index is 12.5. The summed E-state index contributed by atoms with van der Waals surface area (Å²) in [6, 6.07) is 9.55. The second kappa shape index (κ2) is 11.3. The highest BCUT2D eigenvalue weighted by molar-refractivity contribution is 7.85. The first-order valence-electron chi connectivity index (χ1n) is 10.6. The third-order valence-corrected chi connectivity index (χ3v) is 6.90. The van der Waals surface area contributed by atoms with E-state index in [1.54, 1.807) is 7.05 Å². The first kappa shape index (κ1) is 21.8.